The van der Waals surface area contributed by atoms with Crippen molar-refractivity contribution in [1.82, 2.24) is 9.62 Å². The Bertz CT molecular complexity index is 781. The monoisotopic (exact) mass is 392 g/mol. The fourth-order valence-electron chi connectivity index (χ4n) is 4.94. The molecule has 1 amide bonds. The number of fused-ring (bicyclic) bond motifs is 1. The van der Waals surface area contributed by atoms with Crippen molar-refractivity contribution < 1.29 is 13.2 Å². The second-order valence-corrected chi connectivity index (χ2v) is 10.0. The fraction of sp³-hybridized carbons (Fsp3) is 0.667. The van der Waals surface area contributed by atoms with Crippen LogP contribution in [0.25, 0.3) is 0 Å². The minimum Gasteiger partial charge on any atom is -0.342 e. The van der Waals surface area contributed by atoms with Gasteiger partial charge in [0.05, 0.1) is 4.90 Å². The van der Waals surface area contributed by atoms with E-state index in [9.17, 15) is 13.2 Å². The van der Waals surface area contributed by atoms with Crippen LogP contribution in [0.3, 0.4) is 0 Å². The molecule has 3 rings (SSSR count). The van der Waals surface area contributed by atoms with Gasteiger partial charge in [0.15, 0.2) is 0 Å². The first kappa shape index (κ1) is 20.3. The van der Waals surface area contributed by atoms with Crippen LogP contribution in [0.1, 0.15) is 55.2 Å². The van der Waals surface area contributed by atoms with Crippen molar-refractivity contribution in [2.45, 2.75) is 64.2 Å². The van der Waals surface area contributed by atoms with Crippen molar-refractivity contribution in [2.75, 3.05) is 19.6 Å². The third kappa shape index (κ3) is 4.72. The van der Waals surface area contributed by atoms with E-state index in [0.29, 0.717) is 10.8 Å². The summed E-state index contributed by atoms with van der Waals surface area (Å²) in [4.78, 5) is 14.8. The van der Waals surface area contributed by atoms with Crippen LogP contribution >= 0.6 is 0 Å². The molecule has 6 heteroatoms. The number of nitrogens with zero attached hydrogens (tertiary/aromatic N) is 1. The summed E-state index contributed by atoms with van der Waals surface area (Å²) in [6, 6.07) is 3.75. The first-order valence-electron chi connectivity index (χ1n) is 10.1. The average molecular weight is 393 g/mol. The number of carbonyl (C=O) groups excluding carboxylic acids is 1. The van der Waals surface area contributed by atoms with Gasteiger partial charge < -0.3 is 4.90 Å². The second kappa shape index (κ2) is 8.31. The molecule has 1 aromatic rings. The van der Waals surface area contributed by atoms with Gasteiger partial charge in [0, 0.05) is 26.1 Å². The highest BCUT2D eigenvalue weighted by Crippen LogP contribution is 2.36. The SMILES string of the molecule is Cc1cc(C)c(S(=O)(=O)NCCC(=O)N2CC[C@H]3CCCC[C@@H]3C2)c(C)c1. The van der Waals surface area contributed by atoms with Crippen molar-refractivity contribution in [3.63, 3.8) is 0 Å². The van der Waals surface area contributed by atoms with Crippen molar-refractivity contribution >= 4 is 15.9 Å². The van der Waals surface area contributed by atoms with Gasteiger partial charge in [-0.05, 0) is 56.6 Å². The Kier molecular flexibility index (Phi) is 6.26. The molecule has 5 nitrogen and oxygen atoms in total. The third-order valence-corrected chi connectivity index (χ3v) is 7.91. The summed E-state index contributed by atoms with van der Waals surface area (Å²) in [6.45, 7) is 7.41. The van der Waals surface area contributed by atoms with Gasteiger partial charge in [-0.2, -0.15) is 0 Å². The zero-order chi connectivity index (χ0) is 19.6. The zero-order valence-electron chi connectivity index (χ0n) is 16.8. The first-order valence-corrected chi connectivity index (χ1v) is 11.6. The number of hydrogen-bond acceptors (Lipinski definition) is 3. The molecule has 0 unspecified atom stereocenters. The molecule has 1 heterocycles. The highest BCUT2D eigenvalue weighted by atomic mass is 32.2. The Morgan fingerprint density at radius 3 is 2.37 bits per heavy atom. The van der Waals surface area contributed by atoms with Gasteiger partial charge in [-0.1, -0.05) is 37.0 Å². The van der Waals surface area contributed by atoms with Crippen LogP contribution in [-0.2, 0) is 14.8 Å². The lowest BCUT2D eigenvalue weighted by Crippen LogP contribution is -2.45. The Balaban J connectivity index is 1.55. The number of nitrogens with one attached hydrogen (secondary N) is 1. The van der Waals surface area contributed by atoms with Crippen LogP contribution in [0, 0.1) is 32.6 Å². The number of likely N-dealkylation sites (tertiary alicyclic amines) is 1. The molecule has 0 spiro atoms. The first-order chi connectivity index (χ1) is 12.8. The summed E-state index contributed by atoms with van der Waals surface area (Å²) in [5, 5.41) is 0. The minimum atomic E-state index is -3.60. The average Bonchev–Trinajstić information content (AvgIpc) is 2.59. The van der Waals surface area contributed by atoms with Crippen LogP contribution in [0.2, 0.25) is 0 Å². The largest absolute Gasteiger partial charge is 0.342 e. The van der Waals surface area contributed by atoms with Gasteiger partial charge in [0.25, 0.3) is 0 Å². The molecule has 0 radical (unpaired) electrons. The van der Waals surface area contributed by atoms with Gasteiger partial charge in [0.1, 0.15) is 0 Å². The van der Waals surface area contributed by atoms with E-state index in [1.807, 2.05) is 37.8 Å². The molecular formula is C21H32N2O3S. The van der Waals surface area contributed by atoms with Crippen LogP contribution < -0.4 is 4.72 Å². The molecule has 1 saturated carbocycles. The Hall–Kier alpha value is -1.40. The van der Waals surface area contributed by atoms with E-state index in [-0.39, 0.29) is 18.9 Å². The van der Waals surface area contributed by atoms with Crippen LogP contribution in [0.15, 0.2) is 17.0 Å². The molecule has 1 aromatic carbocycles. The number of amides is 1. The van der Waals surface area contributed by atoms with Gasteiger partial charge in [0.2, 0.25) is 15.9 Å². The normalized spacial score (nSPS) is 23.1. The minimum absolute atomic E-state index is 0.0686. The highest BCUT2D eigenvalue weighted by molar-refractivity contribution is 7.89. The van der Waals surface area contributed by atoms with E-state index in [0.717, 1.165) is 42.1 Å². The van der Waals surface area contributed by atoms with Crippen LogP contribution in [-0.4, -0.2) is 38.9 Å². The molecule has 1 aliphatic heterocycles. The lowest BCUT2D eigenvalue weighted by atomic mass is 9.75. The summed E-state index contributed by atoms with van der Waals surface area (Å²) >= 11 is 0. The lowest BCUT2D eigenvalue weighted by molar-refractivity contribution is -0.134. The fourth-order valence-corrected chi connectivity index (χ4v) is 6.42. The summed E-state index contributed by atoms with van der Waals surface area (Å²) in [6.07, 6.45) is 6.46. The summed E-state index contributed by atoms with van der Waals surface area (Å²) in [5.74, 6) is 1.50. The van der Waals surface area contributed by atoms with E-state index in [2.05, 4.69) is 4.72 Å². The zero-order valence-corrected chi connectivity index (χ0v) is 17.6. The lowest BCUT2D eigenvalue weighted by Gasteiger charge is -2.41. The predicted octanol–water partition coefficient (Wildman–Crippen LogP) is 3.32. The number of sulfonamides is 1. The highest BCUT2D eigenvalue weighted by Gasteiger charge is 2.32. The van der Waals surface area contributed by atoms with Crippen molar-refractivity contribution in [3.8, 4) is 0 Å². The Morgan fingerprint density at radius 1 is 1.07 bits per heavy atom. The molecular weight excluding hydrogens is 360 g/mol. The smallest absolute Gasteiger partial charge is 0.241 e. The maximum Gasteiger partial charge on any atom is 0.241 e. The summed E-state index contributed by atoms with van der Waals surface area (Å²) in [7, 11) is -3.60. The second-order valence-electron chi connectivity index (χ2n) is 8.31. The van der Waals surface area contributed by atoms with Crippen LogP contribution in [0.5, 0.6) is 0 Å². The number of hydrogen-bond donors (Lipinski definition) is 1. The number of benzene rings is 1. The van der Waals surface area contributed by atoms with Gasteiger partial charge in [-0.25, -0.2) is 13.1 Å². The molecule has 1 aliphatic carbocycles. The topological polar surface area (TPSA) is 66.5 Å². The summed E-state index contributed by atoms with van der Waals surface area (Å²) in [5.41, 5.74) is 2.53. The number of aryl methyl sites for hydroxylation is 3. The molecule has 2 aliphatic rings. The molecule has 1 N–H and O–H groups in total. The van der Waals surface area contributed by atoms with Gasteiger partial charge in [-0.15, -0.1) is 0 Å². The van der Waals surface area contributed by atoms with Crippen LogP contribution in [0.4, 0.5) is 0 Å². The summed E-state index contributed by atoms with van der Waals surface area (Å²) < 4.78 is 28.0. The van der Waals surface area contributed by atoms with E-state index in [1.54, 1.807) is 0 Å². The van der Waals surface area contributed by atoms with E-state index in [4.69, 9.17) is 0 Å². The number of rotatable bonds is 5. The third-order valence-electron chi connectivity index (χ3n) is 6.15. The van der Waals surface area contributed by atoms with Gasteiger partial charge in [-0.3, -0.25) is 4.79 Å². The number of carbonyl (C=O) groups is 1. The number of piperidine rings is 1. The molecule has 0 aromatic heterocycles. The van der Waals surface area contributed by atoms with Gasteiger partial charge >= 0.3 is 0 Å². The maximum absolute atomic E-state index is 12.7. The Morgan fingerprint density at radius 2 is 1.70 bits per heavy atom. The molecule has 1 saturated heterocycles. The molecule has 27 heavy (non-hydrogen) atoms. The van der Waals surface area contributed by atoms with Crippen molar-refractivity contribution in [3.05, 3.63) is 28.8 Å². The van der Waals surface area contributed by atoms with Crippen molar-refractivity contribution in [1.29, 1.82) is 0 Å². The van der Waals surface area contributed by atoms with E-state index < -0.39 is 10.0 Å². The van der Waals surface area contributed by atoms with E-state index >= 15 is 0 Å². The molecule has 2 fully saturated rings. The van der Waals surface area contributed by atoms with E-state index in [1.165, 1.54) is 25.7 Å². The van der Waals surface area contributed by atoms with Crippen molar-refractivity contribution in [2.24, 2.45) is 11.8 Å². The Labute approximate surface area is 163 Å². The predicted molar refractivity (Wildman–Crippen MR) is 107 cm³/mol. The maximum atomic E-state index is 12.7. The quantitative estimate of drug-likeness (QED) is 0.836. The standard InChI is InChI=1S/C21H32N2O3S/c1-15-12-16(2)21(17(3)13-15)27(25,26)22-10-8-20(24)23-11-9-18-6-4-5-7-19(18)14-23/h12-13,18-19,22H,4-11,14H2,1-3H3/t18-,19-/m1/s1. The molecule has 0 bridgehead atoms. The molecule has 2 atom stereocenters. The molecule has 150 valence electrons.